The molecule has 0 spiro atoms. The number of rotatable bonds is 5. The molecule has 2 aromatic heterocycles. The highest BCUT2D eigenvalue weighted by molar-refractivity contribution is 5.49. The molecule has 0 aliphatic heterocycles. The molecule has 7 nitrogen and oxygen atoms in total. The maximum absolute atomic E-state index is 11.3. The molecule has 0 amide bonds. The zero-order chi connectivity index (χ0) is 12.5. The Balaban J connectivity index is 1.69. The maximum Gasteiger partial charge on any atom is 0.348 e. The van der Waals surface area contributed by atoms with Crippen LogP contribution in [-0.2, 0) is 0 Å². The van der Waals surface area contributed by atoms with E-state index < -0.39 is 0 Å². The van der Waals surface area contributed by atoms with Crippen molar-refractivity contribution in [2.45, 2.75) is 18.9 Å². The fraction of sp³-hybridized carbons (Fsp3) is 0.545. The monoisotopic (exact) mass is 248 g/mol. The molecule has 2 N–H and O–H groups in total. The lowest BCUT2D eigenvalue weighted by Crippen LogP contribution is -2.30. The van der Waals surface area contributed by atoms with E-state index in [0.29, 0.717) is 5.65 Å². The summed E-state index contributed by atoms with van der Waals surface area (Å²) in [5.41, 5.74) is 0.328. The Bertz CT molecular complexity index is 599. The summed E-state index contributed by atoms with van der Waals surface area (Å²) in [6.45, 7) is 1.83. The van der Waals surface area contributed by atoms with E-state index in [4.69, 9.17) is 0 Å². The number of fused-ring (bicyclic) bond motifs is 1. The summed E-state index contributed by atoms with van der Waals surface area (Å²) in [5, 5.41) is 9.77. The molecule has 2 aromatic rings. The Labute approximate surface area is 104 Å². The number of nitrogens with one attached hydrogen (secondary N) is 2. The van der Waals surface area contributed by atoms with Crippen molar-refractivity contribution in [2.75, 3.05) is 25.0 Å². The number of hydrogen-bond acceptors (Lipinski definition) is 5. The van der Waals surface area contributed by atoms with E-state index in [9.17, 15) is 4.79 Å². The fourth-order valence-electron chi connectivity index (χ4n) is 1.85. The van der Waals surface area contributed by atoms with Crippen LogP contribution in [0.25, 0.3) is 5.65 Å². The summed E-state index contributed by atoms with van der Waals surface area (Å²) in [6.07, 6.45) is 4.09. The van der Waals surface area contributed by atoms with Gasteiger partial charge in [0.2, 0.25) is 0 Å². The van der Waals surface area contributed by atoms with Gasteiger partial charge in [0, 0.05) is 32.2 Å². The molecule has 0 saturated heterocycles. The number of aromatic amines is 1. The Morgan fingerprint density at radius 1 is 1.61 bits per heavy atom. The van der Waals surface area contributed by atoms with Crippen molar-refractivity contribution >= 4 is 11.5 Å². The van der Waals surface area contributed by atoms with E-state index in [1.54, 1.807) is 6.07 Å². The average molecular weight is 248 g/mol. The smallest absolute Gasteiger partial charge is 0.348 e. The molecule has 0 aromatic carbocycles. The van der Waals surface area contributed by atoms with Gasteiger partial charge in [0.05, 0.1) is 0 Å². The number of aromatic nitrogens is 4. The van der Waals surface area contributed by atoms with Crippen LogP contribution < -0.4 is 15.9 Å². The van der Waals surface area contributed by atoms with Gasteiger partial charge in [-0.3, -0.25) is 0 Å². The third-order valence-corrected chi connectivity index (χ3v) is 3.14. The number of anilines is 1. The lowest BCUT2D eigenvalue weighted by atomic mass is 10.4. The second kappa shape index (κ2) is 4.41. The predicted octanol–water partition coefficient (Wildman–Crippen LogP) is -0.394. The van der Waals surface area contributed by atoms with Crippen LogP contribution in [0, 0.1) is 0 Å². The molecular weight excluding hydrogens is 232 g/mol. The molecule has 0 bridgehead atoms. The summed E-state index contributed by atoms with van der Waals surface area (Å²) in [6, 6.07) is 2.52. The van der Waals surface area contributed by atoms with Gasteiger partial charge in [-0.15, -0.1) is 0 Å². The van der Waals surface area contributed by atoms with Gasteiger partial charge in [-0.05, 0) is 12.8 Å². The van der Waals surface area contributed by atoms with Gasteiger partial charge in [0.15, 0.2) is 5.65 Å². The molecule has 0 radical (unpaired) electrons. The van der Waals surface area contributed by atoms with E-state index in [1.807, 2.05) is 7.05 Å². The van der Waals surface area contributed by atoms with Crippen LogP contribution in [0.3, 0.4) is 0 Å². The van der Waals surface area contributed by atoms with E-state index in [-0.39, 0.29) is 5.69 Å². The highest BCUT2D eigenvalue weighted by atomic mass is 16.1. The van der Waals surface area contributed by atoms with E-state index in [1.165, 1.54) is 23.6 Å². The molecule has 1 aliphatic carbocycles. The van der Waals surface area contributed by atoms with Gasteiger partial charge in [-0.25, -0.2) is 19.3 Å². The van der Waals surface area contributed by atoms with Crippen LogP contribution in [0.1, 0.15) is 12.8 Å². The van der Waals surface area contributed by atoms with Gasteiger partial charge < -0.3 is 10.2 Å². The first-order chi connectivity index (χ1) is 8.74. The Morgan fingerprint density at radius 3 is 3.22 bits per heavy atom. The first-order valence-corrected chi connectivity index (χ1v) is 6.11. The van der Waals surface area contributed by atoms with Crippen molar-refractivity contribution in [3.63, 3.8) is 0 Å². The zero-order valence-electron chi connectivity index (χ0n) is 10.3. The van der Waals surface area contributed by atoms with E-state index >= 15 is 0 Å². The first-order valence-electron chi connectivity index (χ1n) is 6.11. The van der Waals surface area contributed by atoms with Crippen LogP contribution in [0.15, 0.2) is 17.2 Å². The van der Waals surface area contributed by atoms with Crippen molar-refractivity contribution in [3.8, 4) is 0 Å². The minimum Gasteiger partial charge on any atom is -0.358 e. The van der Waals surface area contributed by atoms with Crippen molar-refractivity contribution in [1.29, 1.82) is 0 Å². The number of H-pyrrole nitrogens is 1. The molecule has 1 fully saturated rings. The van der Waals surface area contributed by atoms with Crippen molar-refractivity contribution < 1.29 is 0 Å². The largest absolute Gasteiger partial charge is 0.358 e. The fourth-order valence-corrected chi connectivity index (χ4v) is 1.85. The quantitative estimate of drug-likeness (QED) is 0.753. The van der Waals surface area contributed by atoms with Gasteiger partial charge in [0.25, 0.3) is 0 Å². The summed E-state index contributed by atoms with van der Waals surface area (Å²) in [5.74, 6) is 0.819. The molecule has 18 heavy (non-hydrogen) atoms. The van der Waals surface area contributed by atoms with Crippen molar-refractivity contribution in [3.05, 3.63) is 22.9 Å². The van der Waals surface area contributed by atoms with Crippen LogP contribution in [0.2, 0.25) is 0 Å². The van der Waals surface area contributed by atoms with Gasteiger partial charge in [-0.2, -0.15) is 5.10 Å². The highest BCUT2D eigenvalue weighted by Crippen LogP contribution is 2.18. The van der Waals surface area contributed by atoms with Gasteiger partial charge >= 0.3 is 5.69 Å². The lowest BCUT2D eigenvalue weighted by Gasteiger charge is -2.18. The molecular formula is C11H16N6O. The Kier molecular flexibility index (Phi) is 2.75. The van der Waals surface area contributed by atoms with E-state index in [2.05, 4.69) is 25.4 Å². The second-order valence-electron chi connectivity index (χ2n) is 4.65. The molecule has 1 aliphatic rings. The Hall–Kier alpha value is -1.89. The number of nitrogens with zero attached hydrogens (tertiary/aromatic N) is 4. The number of likely N-dealkylation sites (N-methyl/N-ethyl adjacent to an activating group) is 1. The highest BCUT2D eigenvalue weighted by Gasteiger charge is 2.19. The topological polar surface area (TPSA) is 78.3 Å². The second-order valence-corrected chi connectivity index (χ2v) is 4.65. The van der Waals surface area contributed by atoms with Crippen LogP contribution in [0.4, 0.5) is 5.82 Å². The Morgan fingerprint density at radius 2 is 2.44 bits per heavy atom. The van der Waals surface area contributed by atoms with Gasteiger partial charge in [0.1, 0.15) is 12.1 Å². The maximum atomic E-state index is 11.3. The SMILES string of the molecule is CN(CCNC1CC1)c1cc2n[nH]c(=O)n2cn1. The molecule has 0 atom stereocenters. The molecule has 0 unspecified atom stereocenters. The zero-order valence-corrected chi connectivity index (χ0v) is 10.3. The minimum atomic E-state index is -0.262. The van der Waals surface area contributed by atoms with Crippen LogP contribution >= 0.6 is 0 Å². The molecule has 7 heteroatoms. The third-order valence-electron chi connectivity index (χ3n) is 3.14. The predicted molar refractivity (Wildman–Crippen MR) is 67.9 cm³/mol. The summed E-state index contributed by atoms with van der Waals surface area (Å²) in [4.78, 5) is 17.6. The van der Waals surface area contributed by atoms with Crippen LogP contribution in [0.5, 0.6) is 0 Å². The van der Waals surface area contributed by atoms with Crippen molar-refractivity contribution in [1.82, 2.24) is 24.9 Å². The summed E-state index contributed by atoms with van der Waals surface area (Å²) >= 11 is 0. The first kappa shape index (κ1) is 11.2. The minimum absolute atomic E-state index is 0.262. The summed E-state index contributed by atoms with van der Waals surface area (Å²) in [7, 11) is 1.98. The van der Waals surface area contributed by atoms with Gasteiger partial charge in [-0.1, -0.05) is 0 Å². The molecule has 2 heterocycles. The van der Waals surface area contributed by atoms with Crippen molar-refractivity contribution in [2.24, 2.45) is 0 Å². The standard InChI is InChI=1S/C11H16N6O/c1-16(5-4-12-8-2-3-8)9-6-10-14-15-11(18)17(10)7-13-9/h6-8,12H,2-5H2,1H3,(H,15,18). The normalized spacial score (nSPS) is 15.2. The summed E-state index contributed by atoms with van der Waals surface area (Å²) < 4.78 is 1.39. The number of hydrogen-bond donors (Lipinski definition) is 2. The third kappa shape index (κ3) is 2.21. The molecule has 3 rings (SSSR count). The average Bonchev–Trinajstić information content (AvgIpc) is 3.13. The lowest BCUT2D eigenvalue weighted by molar-refractivity contribution is 0.672. The van der Waals surface area contributed by atoms with Crippen LogP contribution in [-0.4, -0.2) is 45.8 Å². The molecule has 1 saturated carbocycles. The van der Waals surface area contributed by atoms with E-state index in [0.717, 1.165) is 24.9 Å². The molecule has 96 valence electrons.